The van der Waals surface area contributed by atoms with Crippen LogP contribution in [0.5, 0.6) is 0 Å². The second kappa shape index (κ2) is 4.65. The maximum atomic E-state index is 6.05. The van der Waals surface area contributed by atoms with Crippen molar-refractivity contribution in [3.05, 3.63) is 41.0 Å². The lowest BCUT2D eigenvalue weighted by Crippen LogP contribution is -2.02. The smallest absolute Gasteiger partial charge is 0.127 e. The van der Waals surface area contributed by atoms with Crippen LogP contribution in [0.3, 0.4) is 0 Å². The van der Waals surface area contributed by atoms with Gasteiger partial charge in [0.1, 0.15) is 5.82 Å². The second-order valence-corrected chi connectivity index (χ2v) is 5.30. The van der Waals surface area contributed by atoms with E-state index in [0.29, 0.717) is 16.8 Å². The molecule has 1 heterocycles. The summed E-state index contributed by atoms with van der Waals surface area (Å²) in [6.45, 7) is 0. The zero-order valence-corrected chi connectivity index (χ0v) is 10.9. The van der Waals surface area contributed by atoms with E-state index in [1.807, 2.05) is 30.3 Å². The minimum Gasteiger partial charge on any atom is -0.384 e. The molecule has 0 saturated heterocycles. The molecule has 18 heavy (non-hydrogen) atoms. The Morgan fingerprint density at radius 2 is 2.00 bits per heavy atom. The minimum absolute atomic E-state index is 0.577. The molecule has 1 aliphatic rings. The van der Waals surface area contributed by atoms with Gasteiger partial charge in [0.25, 0.3) is 0 Å². The summed E-state index contributed by atoms with van der Waals surface area (Å²) < 4.78 is 1.78. The molecule has 4 heteroatoms. The van der Waals surface area contributed by atoms with Gasteiger partial charge in [0, 0.05) is 17.0 Å². The van der Waals surface area contributed by atoms with Gasteiger partial charge in [-0.05, 0) is 31.0 Å². The zero-order chi connectivity index (χ0) is 12.5. The van der Waals surface area contributed by atoms with Crippen LogP contribution < -0.4 is 5.73 Å². The van der Waals surface area contributed by atoms with Crippen molar-refractivity contribution in [3.63, 3.8) is 0 Å². The fourth-order valence-electron chi connectivity index (χ4n) is 2.65. The van der Waals surface area contributed by atoms with Gasteiger partial charge in [0.15, 0.2) is 0 Å². The third kappa shape index (κ3) is 2.10. The molecule has 0 bridgehead atoms. The van der Waals surface area contributed by atoms with Gasteiger partial charge in [0.2, 0.25) is 0 Å². The molecule has 1 aromatic carbocycles. The van der Waals surface area contributed by atoms with Crippen molar-refractivity contribution < 1.29 is 0 Å². The molecule has 0 unspecified atom stereocenters. The van der Waals surface area contributed by atoms with Crippen molar-refractivity contribution in [1.29, 1.82) is 0 Å². The average molecular weight is 262 g/mol. The Balaban J connectivity index is 1.97. The van der Waals surface area contributed by atoms with E-state index in [9.17, 15) is 0 Å². The first-order valence-electron chi connectivity index (χ1n) is 6.35. The lowest BCUT2D eigenvalue weighted by atomic mass is 10.1. The van der Waals surface area contributed by atoms with E-state index in [4.69, 9.17) is 17.3 Å². The van der Waals surface area contributed by atoms with E-state index in [0.717, 1.165) is 11.4 Å². The first-order valence-corrected chi connectivity index (χ1v) is 6.73. The molecule has 1 aromatic heterocycles. The molecule has 1 saturated carbocycles. The Labute approximate surface area is 112 Å². The van der Waals surface area contributed by atoms with E-state index >= 15 is 0 Å². The molecule has 0 atom stereocenters. The first-order chi connectivity index (χ1) is 8.74. The van der Waals surface area contributed by atoms with E-state index in [1.165, 1.54) is 25.7 Å². The van der Waals surface area contributed by atoms with Gasteiger partial charge in [-0.1, -0.05) is 30.5 Å². The molecule has 2 aromatic rings. The summed E-state index contributed by atoms with van der Waals surface area (Å²) in [5, 5.41) is 5.34. The highest BCUT2D eigenvalue weighted by atomic mass is 35.5. The fraction of sp³-hybridized carbons (Fsp3) is 0.357. The Morgan fingerprint density at radius 1 is 1.22 bits per heavy atom. The molecule has 0 aliphatic heterocycles. The summed E-state index contributed by atoms with van der Waals surface area (Å²) in [5.41, 5.74) is 8.08. The molecular formula is C14H16ClN3. The van der Waals surface area contributed by atoms with Crippen LogP contribution in [0.15, 0.2) is 30.3 Å². The average Bonchev–Trinajstić information content (AvgIpc) is 2.97. The number of halogens is 1. The number of benzene rings is 1. The van der Waals surface area contributed by atoms with Gasteiger partial charge >= 0.3 is 0 Å². The number of hydrogen-bond acceptors (Lipinski definition) is 2. The summed E-state index contributed by atoms with van der Waals surface area (Å²) in [6.07, 6.45) is 5.06. The Morgan fingerprint density at radius 3 is 2.72 bits per heavy atom. The standard InChI is InChI=1S/C14H16ClN3/c15-11-6-3-7-12(8-11)18-14(16)9-13(17-18)10-4-1-2-5-10/h3,6-10H,1-2,4-5,16H2. The summed E-state index contributed by atoms with van der Waals surface area (Å²) in [5.74, 6) is 1.26. The SMILES string of the molecule is Nc1cc(C2CCCC2)nn1-c1cccc(Cl)c1. The molecular weight excluding hydrogens is 246 g/mol. The van der Waals surface area contributed by atoms with Gasteiger partial charge in [-0.25, -0.2) is 4.68 Å². The van der Waals surface area contributed by atoms with Crippen LogP contribution in [-0.4, -0.2) is 9.78 Å². The van der Waals surface area contributed by atoms with E-state index in [-0.39, 0.29) is 0 Å². The van der Waals surface area contributed by atoms with Crippen LogP contribution in [0.1, 0.15) is 37.3 Å². The van der Waals surface area contributed by atoms with Gasteiger partial charge in [-0.2, -0.15) is 5.10 Å². The quantitative estimate of drug-likeness (QED) is 0.894. The summed E-state index contributed by atoms with van der Waals surface area (Å²) in [7, 11) is 0. The van der Waals surface area contributed by atoms with Crippen molar-refractivity contribution in [2.24, 2.45) is 0 Å². The molecule has 0 spiro atoms. The van der Waals surface area contributed by atoms with Crippen LogP contribution in [0.4, 0.5) is 5.82 Å². The van der Waals surface area contributed by atoms with Crippen molar-refractivity contribution >= 4 is 17.4 Å². The van der Waals surface area contributed by atoms with Crippen LogP contribution in [0.25, 0.3) is 5.69 Å². The molecule has 1 aliphatic carbocycles. The highest BCUT2D eigenvalue weighted by molar-refractivity contribution is 6.30. The van der Waals surface area contributed by atoms with Crippen LogP contribution in [-0.2, 0) is 0 Å². The number of rotatable bonds is 2. The largest absolute Gasteiger partial charge is 0.384 e. The first kappa shape index (κ1) is 11.6. The highest BCUT2D eigenvalue weighted by Gasteiger charge is 2.21. The molecule has 0 amide bonds. The molecule has 3 nitrogen and oxygen atoms in total. The van der Waals surface area contributed by atoms with E-state index in [1.54, 1.807) is 4.68 Å². The van der Waals surface area contributed by atoms with Crippen LogP contribution in [0.2, 0.25) is 5.02 Å². The maximum Gasteiger partial charge on any atom is 0.127 e. The third-order valence-corrected chi connectivity index (χ3v) is 3.82. The summed E-state index contributed by atoms with van der Waals surface area (Å²) in [4.78, 5) is 0. The lowest BCUT2D eigenvalue weighted by Gasteiger charge is -2.05. The highest BCUT2D eigenvalue weighted by Crippen LogP contribution is 2.34. The normalized spacial score (nSPS) is 16.3. The zero-order valence-electron chi connectivity index (χ0n) is 10.1. The predicted octanol–water partition coefficient (Wildman–Crippen LogP) is 3.77. The number of nitrogen functional groups attached to an aromatic ring is 1. The van der Waals surface area contributed by atoms with Crippen molar-refractivity contribution in [3.8, 4) is 5.69 Å². The van der Waals surface area contributed by atoms with E-state index < -0.39 is 0 Å². The molecule has 0 radical (unpaired) electrons. The summed E-state index contributed by atoms with van der Waals surface area (Å²) in [6, 6.07) is 9.60. The van der Waals surface area contributed by atoms with Gasteiger partial charge in [-0.3, -0.25) is 0 Å². The fourth-order valence-corrected chi connectivity index (χ4v) is 2.84. The molecule has 1 fully saturated rings. The third-order valence-electron chi connectivity index (χ3n) is 3.58. The van der Waals surface area contributed by atoms with E-state index in [2.05, 4.69) is 5.10 Å². The van der Waals surface area contributed by atoms with Crippen molar-refractivity contribution in [2.45, 2.75) is 31.6 Å². The Hall–Kier alpha value is -1.48. The molecule has 94 valence electrons. The van der Waals surface area contributed by atoms with Crippen molar-refractivity contribution in [1.82, 2.24) is 9.78 Å². The Kier molecular flexibility index (Phi) is 3.00. The number of nitrogens with zero attached hydrogens (tertiary/aromatic N) is 2. The number of hydrogen-bond donors (Lipinski definition) is 1. The predicted molar refractivity (Wildman–Crippen MR) is 74.2 cm³/mol. The minimum atomic E-state index is 0.577. The Bertz CT molecular complexity index is 556. The number of anilines is 1. The van der Waals surface area contributed by atoms with Gasteiger partial charge in [0.05, 0.1) is 11.4 Å². The topological polar surface area (TPSA) is 43.8 Å². The maximum absolute atomic E-state index is 6.05. The van der Waals surface area contributed by atoms with Gasteiger partial charge in [-0.15, -0.1) is 0 Å². The molecule has 2 N–H and O–H groups in total. The summed E-state index contributed by atoms with van der Waals surface area (Å²) >= 11 is 6.00. The van der Waals surface area contributed by atoms with Crippen LogP contribution in [0, 0.1) is 0 Å². The lowest BCUT2D eigenvalue weighted by molar-refractivity contribution is 0.679. The van der Waals surface area contributed by atoms with Crippen molar-refractivity contribution in [2.75, 3.05) is 5.73 Å². The molecule has 3 rings (SSSR count). The second-order valence-electron chi connectivity index (χ2n) is 4.87. The monoisotopic (exact) mass is 261 g/mol. The van der Waals surface area contributed by atoms with Gasteiger partial charge < -0.3 is 5.73 Å². The number of nitrogens with two attached hydrogens (primary N) is 1. The van der Waals surface area contributed by atoms with Crippen LogP contribution >= 0.6 is 11.6 Å². The number of aromatic nitrogens is 2.